The Morgan fingerprint density at radius 1 is 0.895 bits per heavy atom. The van der Waals surface area contributed by atoms with E-state index in [-0.39, 0.29) is 11.9 Å². The van der Waals surface area contributed by atoms with Crippen LogP contribution >= 0.6 is 0 Å². The maximum absolute atomic E-state index is 13.2. The average molecular weight is 515 g/mol. The van der Waals surface area contributed by atoms with Gasteiger partial charge in [-0.15, -0.1) is 0 Å². The third kappa shape index (κ3) is 4.76. The standard InChI is InChI=1S/C30H34N4O4/c1-36-25-7-5-23(6-8-25)33-12-10-32(11-13-33)14-15-38-29-19-21-16-26-27(17-22(21)18-28(29)37-2)31-20-24-4-3-9-34(24)30(26)35/h5-8,16-20,24H,3-4,9-15H2,1-2H3/t24-/m0/s1. The van der Waals surface area contributed by atoms with E-state index in [2.05, 4.69) is 26.9 Å². The van der Waals surface area contributed by atoms with Crippen LogP contribution in [-0.4, -0.2) is 88.1 Å². The van der Waals surface area contributed by atoms with Crippen molar-refractivity contribution in [3.8, 4) is 17.2 Å². The summed E-state index contributed by atoms with van der Waals surface area (Å²) >= 11 is 0. The number of ether oxygens (including phenoxy) is 3. The van der Waals surface area contributed by atoms with Crippen LogP contribution in [0, 0.1) is 0 Å². The van der Waals surface area contributed by atoms with E-state index in [4.69, 9.17) is 14.2 Å². The average Bonchev–Trinajstić information content (AvgIpc) is 3.39. The summed E-state index contributed by atoms with van der Waals surface area (Å²) in [5, 5.41) is 1.93. The van der Waals surface area contributed by atoms with Crippen LogP contribution in [0.4, 0.5) is 11.4 Å². The third-order valence-corrected chi connectivity index (χ3v) is 7.89. The van der Waals surface area contributed by atoms with Gasteiger partial charge in [-0.25, -0.2) is 0 Å². The minimum atomic E-state index is 0.0639. The maximum Gasteiger partial charge on any atom is 0.256 e. The monoisotopic (exact) mass is 514 g/mol. The van der Waals surface area contributed by atoms with Crippen molar-refractivity contribution in [2.75, 3.05) is 65.0 Å². The fourth-order valence-corrected chi connectivity index (χ4v) is 5.67. The molecule has 3 aliphatic rings. The Morgan fingerprint density at radius 3 is 2.42 bits per heavy atom. The normalized spacial score (nSPS) is 19.3. The number of piperazine rings is 1. The number of fused-ring (bicyclic) bond motifs is 3. The number of carbonyl (C=O) groups excluding carboxylic acids is 1. The van der Waals surface area contributed by atoms with Crippen LogP contribution in [0.1, 0.15) is 23.2 Å². The molecular formula is C30H34N4O4. The van der Waals surface area contributed by atoms with Crippen LogP contribution < -0.4 is 19.1 Å². The smallest absolute Gasteiger partial charge is 0.256 e. The Balaban J connectivity index is 1.11. The number of hydrogen-bond acceptors (Lipinski definition) is 7. The van der Waals surface area contributed by atoms with Crippen molar-refractivity contribution in [3.05, 3.63) is 54.1 Å². The second-order valence-corrected chi connectivity index (χ2v) is 10.1. The minimum absolute atomic E-state index is 0.0639. The van der Waals surface area contributed by atoms with Gasteiger partial charge in [-0.05, 0) is 72.1 Å². The van der Waals surface area contributed by atoms with E-state index in [0.717, 1.165) is 74.3 Å². The summed E-state index contributed by atoms with van der Waals surface area (Å²) in [5.41, 5.74) is 2.61. The molecule has 0 bridgehead atoms. The van der Waals surface area contributed by atoms with Gasteiger partial charge in [0.25, 0.3) is 5.91 Å². The molecule has 8 nitrogen and oxygen atoms in total. The molecule has 0 saturated carbocycles. The molecule has 8 heteroatoms. The number of benzene rings is 3. The second kappa shape index (κ2) is 10.5. The van der Waals surface area contributed by atoms with Gasteiger partial charge in [0.1, 0.15) is 12.4 Å². The lowest BCUT2D eigenvalue weighted by atomic mass is 10.0. The van der Waals surface area contributed by atoms with Crippen molar-refractivity contribution in [3.63, 3.8) is 0 Å². The molecule has 0 radical (unpaired) electrons. The molecule has 1 amide bonds. The number of anilines is 1. The minimum Gasteiger partial charge on any atom is -0.497 e. The fraction of sp³-hybridized carbons (Fsp3) is 0.400. The van der Waals surface area contributed by atoms with Crippen LogP contribution in [0.5, 0.6) is 17.2 Å². The van der Waals surface area contributed by atoms with Gasteiger partial charge in [-0.2, -0.15) is 0 Å². The molecule has 0 N–H and O–H groups in total. The highest BCUT2D eigenvalue weighted by atomic mass is 16.5. The molecule has 3 aliphatic heterocycles. The number of aliphatic imine (C=N–C) groups is 1. The molecule has 3 aromatic carbocycles. The molecule has 0 aliphatic carbocycles. The maximum atomic E-state index is 13.2. The summed E-state index contributed by atoms with van der Waals surface area (Å²) in [4.78, 5) is 24.7. The van der Waals surface area contributed by atoms with Crippen molar-refractivity contribution in [2.45, 2.75) is 18.9 Å². The van der Waals surface area contributed by atoms with Gasteiger partial charge >= 0.3 is 0 Å². The van der Waals surface area contributed by atoms with Gasteiger partial charge < -0.3 is 24.0 Å². The molecule has 2 saturated heterocycles. The summed E-state index contributed by atoms with van der Waals surface area (Å²) in [6.07, 6.45) is 3.93. The van der Waals surface area contributed by atoms with Crippen molar-refractivity contribution in [1.82, 2.24) is 9.80 Å². The molecule has 38 heavy (non-hydrogen) atoms. The largest absolute Gasteiger partial charge is 0.497 e. The molecule has 6 rings (SSSR count). The van der Waals surface area contributed by atoms with E-state index in [1.54, 1.807) is 14.2 Å². The molecule has 3 heterocycles. The molecular weight excluding hydrogens is 480 g/mol. The first-order chi connectivity index (χ1) is 18.6. The summed E-state index contributed by atoms with van der Waals surface area (Å²) in [6.45, 7) is 6.11. The van der Waals surface area contributed by atoms with Gasteiger partial charge in [-0.3, -0.25) is 14.7 Å². The Labute approximate surface area is 223 Å². The van der Waals surface area contributed by atoms with Crippen LogP contribution in [0.15, 0.2) is 53.5 Å². The number of nitrogens with zero attached hydrogens (tertiary/aromatic N) is 4. The van der Waals surface area contributed by atoms with E-state index >= 15 is 0 Å². The van der Waals surface area contributed by atoms with Gasteiger partial charge in [0.05, 0.1) is 31.5 Å². The van der Waals surface area contributed by atoms with Crippen LogP contribution in [0.3, 0.4) is 0 Å². The second-order valence-electron chi connectivity index (χ2n) is 10.1. The predicted molar refractivity (Wildman–Crippen MR) is 150 cm³/mol. The molecule has 198 valence electrons. The highest BCUT2D eigenvalue weighted by Gasteiger charge is 2.32. The van der Waals surface area contributed by atoms with Crippen LogP contribution in [0.25, 0.3) is 10.8 Å². The van der Waals surface area contributed by atoms with Gasteiger partial charge in [0.15, 0.2) is 11.5 Å². The molecule has 0 unspecified atom stereocenters. The fourth-order valence-electron chi connectivity index (χ4n) is 5.67. The lowest BCUT2D eigenvalue weighted by molar-refractivity contribution is 0.0775. The summed E-state index contributed by atoms with van der Waals surface area (Å²) < 4.78 is 17.2. The first kappa shape index (κ1) is 24.6. The molecule has 1 atom stereocenters. The zero-order chi connectivity index (χ0) is 26.1. The van der Waals surface area contributed by atoms with Crippen molar-refractivity contribution >= 4 is 34.3 Å². The Morgan fingerprint density at radius 2 is 1.66 bits per heavy atom. The van der Waals surface area contributed by atoms with Gasteiger partial charge in [0, 0.05) is 51.2 Å². The predicted octanol–water partition coefficient (Wildman–Crippen LogP) is 4.38. The van der Waals surface area contributed by atoms with Crippen molar-refractivity contribution in [2.24, 2.45) is 4.99 Å². The molecule has 3 aromatic rings. The Hall–Kier alpha value is -3.78. The molecule has 0 spiro atoms. The number of amides is 1. The SMILES string of the molecule is COc1ccc(N2CCN(CCOc3cc4cc5c(cc4cc3OC)N=C[C@@H]3CCCN3C5=O)CC2)cc1. The highest BCUT2D eigenvalue weighted by Crippen LogP contribution is 2.37. The van der Waals surface area contributed by atoms with Crippen LogP contribution in [0.2, 0.25) is 0 Å². The first-order valence-corrected chi connectivity index (χ1v) is 13.4. The first-order valence-electron chi connectivity index (χ1n) is 13.4. The highest BCUT2D eigenvalue weighted by molar-refractivity contribution is 6.07. The number of hydrogen-bond donors (Lipinski definition) is 0. The summed E-state index contributed by atoms with van der Waals surface area (Å²) in [5.74, 6) is 2.32. The Kier molecular flexibility index (Phi) is 6.81. The number of methoxy groups -OCH3 is 2. The third-order valence-electron chi connectivity index (χ3n) is 7.89. The molecule has 0 aromatic heterocycles. The lowest BCUT2D eigenvalue weighted by Gasteiger charge is -2.36. The van der Waals surface area contributed by atoms with Crippen LogP contribution in [-0.2, 0) is 0 Å². The van der Waals surface area contributed by atoms with E-state index < -0.39 is 0 Å². The number of carbonyl (C=O) groups is 1. The quantitative estimate of drug-likeness (QED) is 0.466. The van der Waals surface area contributed by atoms with Gasteiger partial charge in [0.2, 0.25) is 0 Å². The Bertz CT molecular complexity index is 1350. The zero-order valence-electron chi connectivity index (χ0n) is 22.1. The number of rotatable bonds is 7. The topological polar surface area (TPSA) is 66.8 Å². The van der Waals surface area contributed by atoms with Crippen molar-refractivity contribution in [1.29, 1.82) is 0 Å². The summed E-state index contributed by atoms with van der Waals surface area (Å²) in [7, 11) is 3.35. The van der Waals surface area contributed by atoms with E-state index in [9.17, 15) is 4.79 Å². The van der Waals surface area contributed by atoms with Gasteiger partial charge in [-0.1, -0.05) is 0 Å². The lowest BCUT2D eigenvalue weighted by Crippen LogP contribution is -2.47. The van der Waals surface area contributed by atoms with E-state index in [0.29, 0.717) is 23.7 Å². The van der Waals surface area contributed by atoms with E-state index in [1.807, 2.05) is 47.5 Å². The van der Waals surface area contributed by atoms with E-state index in [1.165, 1.54) is 5.69 Å². The zero-order valence-corrected chi connectivity index (χ0v) is 22.1. The summed E-state index contributed by atoms with van der Waals surface area (Å²) in [6, 6.07) is 16.3. The molecule has 2 fully saturated rings. The van der Waals surface area contributed by atoms with Crippen molar-refractivity contribution < 1.29 is 19.0 Å².